The van der Waals surface area contributed by atoms with Gasteiger partial charge < -0.3 is 14.9 Å². The number of carbonyl (C=O) groups excluding carboxylic acids is 5. The third-order valence-electron chi connectivity index (χ3n) is 9.71. The first-order valence-corrected chi connectivity index (χ1v) is 26.8. The van der Waals surface area contributed by atoms with Gasteiger partial charge in [-0.2, -0.15) is 0 Å². The highest BCUT2D eigenvalue weighted by Gasteiger charge is 2.51. The van der Waals surface area contributed by atoms with Crippen molar-refractivity contribution in [2.75, 3.05) is 12.3 Å². The molecule has 0 radical (unpaired) electrons. The van der Waals surface area contributed by atoms with Crippen molar-refractivity contribution in [1.29, 1.82) is 0 Å². The zero-order chi connectivity index (χ0) is 38.4. The predicted molar refractivity (Wildman–Crippen MR) is 219 cm³/mol. The van der Waals surface area contributed by atoms with E-state index in [0.717, 1.165) is 9.75 Å². The maximum absolute atomic E-state index is 14.8. The molecular weight excluding hydrogens is 749 g/mol. The molecule has 8 nitrogen and oxygen atoms in total. The Labute approximate surface area is 323 Å². The van der Waals surface area contributed by atoms with Crippen molar-refractivity contribution in [3.05, 3.63) is 137 Å². The molecule has 0 fully saturated rings. The molecule has 0 bridgehead atoms. The van der Waals surface area contributed by atoms with E-state index in [9.17, 15) is 29.1 Å². The molecule has 4 heterocycles. The van der Waals surface area contributed by atoms with E-state index in [1.807, 2.05) is 24.3 Å². The molecule has 2 amide bonds. The van der Waals surface area contributed by atoms with Crippen LogP contribution in [-0.2, 0) is 9.59 Å². The van der Waals surface area contributed by atoms with Gasteiger partial charge in [0.1, 0.15) is 6.10 Å². The summed E-state index contributed by atoms with van der Waals surface area (Å²) in [7, 11) is -3.85. The van der Waals surface area contributed by atoms with E-state index in [4.69, 9.17) is 0 Å². The molecule has 272 valence electrons. The molecule has 2 aliphatic carbocycles. The van der Waals surface area contributed by atoms with E-state index in [0.29, 0.717) is 66.9 Å². The van der Waals surface area contributed by atoms with Gasteiger partial charge in [-0.3, -0.25) is 24.0 Å². The number of hydrogen-bond acceptors (Lipinski definition) is 8. The normalized spacial score (nSPS) is 19.3. The number of aliphatic hydroxyl groups is 1. The van der Waals surface area contributed by atoms with E-state index in [-0.39, 0.29) is 40.3 Å². The number of allylic oxidation sites excluding steroid dienone is 1. The number of hydrogen-bond donors (Lipinski definition) is 1. The summed E-state index contributed by atoms with van der Waals surface area (Å²) >= 11 is 2.73. The van der Waals surface area contributed by atoms with Gasteiger partial charge in [0.05, 0.1) is 54.0 Å². The van der Waals surface area contributed by atoms with E-state index >= 15 is 0 Å². The summed E-state index contributed by atoms with van der Waals surface area (Å²) in [6.07, 6.45) is 3.28. The van der Waals surface area contributed by atoms with E-state index in [1.54, 1.807) is 70.5 Å². The van der Waals surface area contributed by atoms with Crippen LogP contribution in [0.1, 0.15) is 62.2 Å². The number of fused-ring (bicyclic) bond motifs is 3. The van der Waals surface area contributed by atoms with Gasteiger partial charge in [0.15, 0.2) is 17.3 Å². The van der Waals surface area contributed by atoms with Gasteiger partial charge in [-0.25, -0.2) is 0 Å². The average molecular weight is 787 g/mol. The van der Waals surface area contributed by atoms with E-state index < -0.39 is 22.3 Å². The first-order valence-electron chi connectivity index (χ1n) is 17.8. The fourth-order valence-electron chi connectivity index (χ4n) is 7.51. The molecule has 54 heavy (non-hydrogen) atoms. The topological polar surface area (TPSA) is 112 Å². The van der Waals surface area contributed by atoms with Crippen molar-refractivity contribution in [3.8, 4) is 0 Å². The van der Waals surface area contributed by atoms with Crippen LogP contribution in [0.3, 0.4) is 0 Å². The Hall–Kier alpha value is -4.86. The molecule has 0 saturated heterocycles. The van der Waals surface area contributed by atoms with Crippen molar-refractivity contribution in [2.45, 2.75) is 45.4 Å². The molecule has 2 aromatic carbocycles. The molecule has 12 heteroatoms. The van der Waals surface area contributed by atoms with Gasteiger partial charge in [0.2, 0.25) is 0 Å². The third kappa shape index (κ3) is 6.02. The zero-order valence-corrected chi connectivity index (χ0v) is 34.4. The van der Waals surface area contributed by atoms with Crippen LogP contribution in [0.5, 0.6) is 0 Å². The monoisotopic (exact) mass is 786 g/mol. The molecule has 1 N–H and O–H groups in total. The Morgan fingerprint density at radius 2 is 1.04 bits per heavy atom. The summed E-state index contributed by atoms with van der Waals surface area (Å²) in [5.74, 6) is -1.28. The van der Waals surface area contributed by atoms with Gasteiger partial charge in [0, 0.05) is 44.4 Å². The smallest absolute Gasteiger partial charge is 0.261 e. The summed E-state index contributed by atoms with van der Waals surface area (Å²) in [5.41, 5.74) is 4.14. The lowest BCUT2D eigenvalue weighted by Crippen LogP contribution is -2.43. The zero-order valence-electron chi connectivity index (χ0n) is 30.8. The standard InChI is InChI=1S/C42H38N2O6S2Si2/c1-53(2,3)21-43-35(31-17-15-23(51-31)19-29-37(45)25-11-7-8-12-26(25)38(29)46)33-34(41(43)49)36(44(42(33)50)22-54(4,5)6)32-18-16-24(52-32)20-30-39(47)27-13-9-10-14-28(27)40(30)48/h7-20,37,45H,21-22H2,1-6H3. The average Bonchev–Trinajstić information content (AvgIpc) is 3.95. The summed E-state index contributed by atoms with van der Waals surface area (Å²) in [6.45, 7) is 13.1. The Balaban J connectivity index is 1.25. The molecule has 0 saturated carbocycles. The Kier molecular flexibility index (Phi) is 8.62. The first kappa shape index (κ1) is 36.1. The van der Waals surface area contributed by atoms with Crippen LogP contribution in [0.4, 0.5) is 0 Å². The van der Waals surface area contributed by atoms with Gasteiger partial charge in [-0.15, -0.1) is 22.7 Å². The lowest BCUT2D eigenvalue weighted by molar-refractivity contribution is -0.123. The Bertz CT molecular complexity index is 2470. The summed E-state index contributed by atoms with van der Waals surface area (Å²) in [5, 5.41) is 11.0. The fourth-order valence-corrected chi connectivity index (χ4v) is 12.0. The molecule has 0 spiro atoms. The highest BCUT2D eigenvalue weighted by atomic mass is 32.1. The number of thiophene rings is 2. The molecular formula is C42H38N2O6S2Si2. The third-order valence-corrected chi connectivity index (χ3v) is 14.3. The van der Waals surface area contributed by atoms with Crippen molar-refractivity contribution in [3.63, 3.8) is 0 Å². The molecule has 4 aromatic rings. The second-order valence-corrected chi connectivity index (χ2v) is 29.5. The number of rotatable bonds is 8. The van der Waals surface area contributed by atoms with Crippen molar-refractivity contribution >= 4 is 91.5 Å². The fraction of sp³-hybridized carbons (Fsp3) is 0.214. The van der Waals surface area contributed by atoms with Gasteiger partial charge in [0.25, 0.3) is 11.8 Å². The minimum absolute atomic E-state index is 0.101. The predicted octanol–water partition coefficient (Wildman–Crippen LogP) is 8.15. The number of benzene rings is 2. The maximum Gasteiger partial charge on any atom is 0.261 e. The van der Waals surface area contributed by atoms with Crippen LogP contribution in [0.15, 0.2) is 95.1 Å². The lowest BCUT2D eigenvalue weighted by atomic mass is 10.1. The number of amides is 2. The second kappa shape index (κ2) is 12.9. The first-order chi connectivity index (χ1) is 25.5. The molecule has 1 unspecified atom stereocenters. The highest BCUT2D eigenvalue weighted by Crippen LogP contribution is 2.50. The molecule has 2 aromatic heterocycles. The van der Waals surface area contributed by atoms with Crippen LogP contribution in [0.2, 0.25) is 39.3 Å². The summed E-state index contributed by atoms with van der Waals surface area (Å²) in [6, 6.07) is 21.3. The maximum atomic E-state index is 14.8. The summed E-state index contributed by atoms with van der Waals surface area (Å²) < 4.78 is 0. The number of ketones is 3. The minimum atomic E-state index is -1.93. The number of carbonyl (C=O) groups is 5. The Morgan fingerprint density at radius 1 is 0.593 bits per heavy atom. The van der Waals surface area contributed by atoms with Gasteiger partial charge in [-0.1, -0.05) is 87.8 Å². The minimum Gasteiger partial charge on any atom is -0.383 e. The summed E-state index contributed by atoms with van der Waals surface area (Å²) in [4.78, 5) is 75.6. The van der Waals surface area contributed by atoms with E-state index in [1.165, 1.54) is 22.7 Å². The second-order valence-electron chi connectivity index (χ2n) is 16.4. The molecule has 1 atom stereocenters. The Morgan fingerprint density at radius 3 is 1.50 bits per heavy atom. The number of nitrogens with zero attached hydrogens (tertiary/aromatic N) is 2. The van der Waals surface area contributed by atoms with Crippen molar-refractivity contribution < 1.29 is 29.1 Å². The van der Waals surface area contributed by atoms with Crippen LogP contribution < -0.4 is 0 Å². The highest BCUT2D eigenvalue weighted by molar-refractivity contribution is 7.14. The largest absolute Gasteiger partial charge is 0.383 e. The van der Waals surface area contributed by atoms with Crippen molar-refractivity contribution in [2.24, 2.45) is 0 Å². The van der Waals surface area contributed by atoms with Crippen LogP contribution in [-0.4, -0.2) is 72.6 Å². The molecule has 8 rings (SSSR count). The number of aliphatic hydroxyl groups excluding tert-OH is 1. The molecule has 4 aliphatic rings. The quantitative estimate of drug-likeness (QED) is 0.110. The van der Waals surface area contributed by atoms with Crippen LogP contribution in [0, 0.1) is 0 Å². The van der Waals surface area contributed by atoms with Gasteiger partial charge in [-0.05, 0) is 42.0 Å². The van der Waals surface area contributed by atoms with Crippen LogP contribution >= 0.6 is 22.7 Å². The van der Waals surface area contributed by atoms with E-state index in [2.05, 4.69) is 39.3 Å². The van der Waals surface area contributed by atoms with Crippen molar-refractivity contribution in [1.82, 2.24) is 9.80 Å². The number of Topliss-reactive ketones (excluding diaryl/α,β-unsaturated/α-hetero) is 3. The lowest BCUT2D eigenvalue weighted by Gasteiger charge is -2.30. The molecule has 2 aliphatic heterocycles. The van der Waals surface area contributed by atoms with Gasteiger partial charge >= 0.3 is 0 Å². The van der Waals surface area contributed by atoms with Crippen LogP contribution in [0.25, 0.3) is 23.5 Å². The SMILES string of the molecule is C[Si](C)(C)CN1C(=O)C2=C(c3ccc(C=C4C(=O)c5ccccc5C4O)s3)N(C[Si](C)(C)C)C(=O)C2=C1c1ccc(C=C2C(=O)c3ccccc3C2=O)s1.